The van der Waals surface area contributed by atoms with E-state index in [2.05, 4.69) is 59.7 Å². The van der Waals surface area contributed by atoms with E-state index >= 15 is 0 Å². The van der Waals surface area contributed by atoms with Crippen LogP contribution >= 0.6 is 0 Å². The van der Waals surface area contributed by atoms with Crippen molar-refractivity contribution >= 4 is 22.7 Å². The van der Waals surface area contributed by atoms with Crippen LogP contribution in [0.25, 0.3) is 21.9 Å². The van der Waals surface area contributed by atoms with Crippen LogP contribution in [0.15, 0.2) is 60.7 Å². The minimum atomic E-state index is -0.830. The molecule has 2 fully saturated rings. The summed E-state index contributed by atoms with van der Waals surface area (Å²) in [6, 6.07) is 20.3. The second-order valence-corrected chi connectivity index (χ2v) is 15.5. The zero-order valence-electron chi connectivity index (χ0n) is 29.7. The first kappa shape index (κ1) is 34.6. The third-order valence-corrected chi connectivity index (χ3v) is 11.3. The molecule has 0 bridgehead atoms. The number of benzene rings is 3. The van der Waals surface area contributed by atoms with Crippen molar-refractivity contribution in [2.45, 2.75) is 104 Å². The fraction of sp³-hybridized carbons (Fsp3) is 0.571. The molecule has 3 aromatic rings. The van der Waals surface area contributed by atoms with Crippen LogP contribution in [0.5, 0.6) is 0 Å². The van der Waals surface area contributed by atoms with E-state index in [-0.39, 0.29) is 25.4 Å². The molecule has 6 heteroatoms. The molecule has 0 amide bonds. The summed E-state index contributed by atoms with van der Waals surface area (Å²) in [6.45, 7) is 13.2. The standard InChI is InChI=1S/C42H54O6/c1-25(2)30-18-15-27(5)21-36(30)45-23-38(43)47-41-34-14-10-9-13-33(34)40-32-12-8-7-11-29(32)17-20-35(40)42(41)48-39(44)24-46-37-22-28(6)16-19-31(37)26(3)4/h7-14,17,20,25-28,30-31,36-37,41-42H,15-16,18-19,21-24H2,1-6H3/t27-,28-,30+,31+,36-,37-,41-,42-/m1/s1. The maximum absolute atomic E-state index is 13.7. The lowest BCUT2D eigenvalue weighted by molar-refractivity contribution is -0.179. The summed E-state index contributed by atoms with van der Waals surface area (Å²) in [5.74, 6) is 2.02. The van der Waals surface area contributed by atoms with Gasteiger partial charge in [-0.15, -0.1) is 0 Å². The Hall–Kier alpha value is -3.22. The number of fused-ring (bicyclic) bond motifs is 5. The van der Waals surface area contributed by atoms with Gasteiger partial charge in [-0.2, -0.15) is 0 Å². The molecule has 0 heterocycles. The van der Waals surface area contributed by atoms with Gasteiger partial charge >= 0.3 is 11.9 Å². The Bertz CT molecular complexity index is 1580. The predicted octanol–water partition coefficient (Wildman–Crippen LogP) is 9.64. The molecule has 0 aliphatic heterocycles. The summed E-state index contributed by atoms with van der Waals surface area (Å²) in [5.41, 5.74) is 3.62. The van der Waals surface area contributed by atoms with E-state index in [4.69, 9.17) is 18.9 Å². The van der Waals surface area contributed by atoms with Crippen LogP contribution in [0.1, 0.15) is 103 Å². The van der Waals surface area contributed by atoms with Crippen LogP contribution < -0.4 is 0 Å². The molecule has 0 saturated heterocycles. The molecule has 3 aromatic carbocycles. The summed E-state index contributed by atoms with van der Waals surface area (Å²) >= 11 is 0. The van der Waals surface area contributed by atoms with Crippen LogP contribution in [0.2, 0.25) is 0 Å². The van der Waals surface area contributed by atoms with Crippen molar-refractivity contribution in [3.05, 3.63) is 71.8 Å². The van der Waals surface area contributed by atoms with E-state index in [0.29, 0.717) is 35.5 Å². The SMILES string of the molecule is CC(C)[C@@H]1CC[C@@H](C)C[C@H]1OCC(=O)O[C@@H]1c2ccccc2-c2c(ccc3ccccc23)[C@H]1OC(=O)CO[C@@H]1C[C@H](C)CC[C@H]1C(C)C. The van der Waals surface area contributed by atoms with Crippen molar-refractivity contribution in [2.24, 2.45) is 35.5 Å². The average molecular weight is 655 g/mol. The fourth-order valence-corrected chi connectivity index (χ4v) is 8.69. The fourth-order valence-electron chi connectivity index (χ4n) is 8.69. The normalized spacial score (nSPS) is 28.6. The minimum Gasteiger partial charge on any atom is -0.451 e. The highest BCUT2D eigenvalue weighted by Gasteiger charge is 2.41. The summed E-state index contributed by atoms with van der Waals surface area (Å²) in [7, 11) is 0. The first-order chi connectivity index (χ1) is 23.1. The Morgan fingerprint density at radius 3 is 1.75 bits per heavy atom. The van der Waals surface area contributed by atoms with Gasteiger partial charge in [0.25, 0.3) is 0 Å². The highest BCUT2D eigenvalue weighted by atomic mass is 16.6. The molecule has 0 spiro atoms. The molecule has 0 unspecified atom stereocenters. The largest absolute Gasteiger partial charge is 0.451 e. The smallest absolute Gasteiger partial charge is 0.332 e. The summed E-state index contributed by atoms with van der Waals surface area (Å²) in [4.78, 5) is 27.3. The average Bonchev–Trinajstić information content (AvgIpc) is 3.07. The number of hydrogen-bond donors (Lipinski definition) is 0. The van der Waals surface area contributed by atoms with Crippen LogP contribution in [0.3, 0.4) is 0 Å². The van der Waals surface area contributed by atoms with Gasteiger partial charge in [-0.3, -0.25) is 0 Å². The maximum Gasteiger partial charge on any atom is 0.332 e. The molecule has 0 N–H and O–H groups in total. The number of hydrogen-bond acceptors (Lipinski definition) is 6. The number of rotatable bonds is 10. The van der Waals surface area contributed by atoms with Gasteiger partial charge in [-0.05, 0) is 83.1 Å². The van der Waals surface area contributed by atoms with E-state index in [1.807, 2.05) is 42.5 Å². The zero-order chi connectivity index (χ0) is 33.9. The first-order valence-electron chi connectivity index (χ1n) is 18.3. The van der Waals surface area contributed by atoms with Crippen LogP contribution in [-0.2, 0) is 28.5 Å². The monoisotopic (exact) mass is 654 g/mol. The van der Waals surface area contributed by atoms with Gasteiger partial charge in [0.15, 0.2) is 12.2 Å². The molecule has 6 rings (SSSR count). The molecule has 0 aromatic heterocycles. The predicted molar refractivity (Wildman–Crippen MR) is 189 cm³/mol. The molecule has 3 aliphatic carbocycles. The number of ether oxygens (including phenoxy) is 4. The molecule has 2 saturated carbocycles. The number of carbonyl (C=O) groups is 2. The summed E-state index contributed by atoms with van der Waals surface area (Å²) in [5, 5.41) is 2.16. The Balaban J connectivity index is 1.26. The molecule has 0 radical (unpaired) electrons. The Kier molecular flexibility index (Phi) is 10.9. The van der Waals surface area contributed by atoms with Gasteiger partial charge in [0.1, 0.15) is 13.2 Å². The highest BCUT2D eigenvalue weighted by molar-refractivity contribution is 6.00. The molecule has 3 aliphatic rings. The van der Waals surface area contributed by atoms with E-state index < -0.39 is 24.1 Å². The Morgan fingerprint density at radius 2 is 1.17 bits per heavy atom. The number of carbonyl (C=O) groups excluding carboxylic acids is 2. The van der Waals surface area contributed by atoms with E-state index in [1.54, 1.807) is 0 Å². The third-order valence-electron chi connectivity index (χ3n) is 11.3. The molecule has 8 atom stereocenters. The van der Waals surface area contributed by atoms with Crippen molar-refractivity contribution in [2.75, 3.05) is 13.2 Å². The lowest BCUT2D eigenvalue weighted by Crippen LogP contribution is -2.37. The Morgan fingerprint density at radius 1 is 0.646 bits per heavy atom. The molecular formula is C42H54O6. The van der Waals surface area contributed by atoms with Gasteiger partial charge in [0.05, 0.1) is 12.2 Å². The molecule has 258 valence electrons. The molecule has 6 nitrogen and oxygen atoms in total. The van der Waals surface area contributed by atoms with E-state index in [0.717, 1.165) is 58.7 Å². The number of esters is 2. The van der Waals surface area contributed by atoms with Gasteiger partial charge in [0.2, 0.25) is 0 Å². The summed E-state index contributed by atoms with van der Waals surface area (Å²) < 4.78 is 25.2. The van der Waals surface area contributed by atoms with Crippen molar-refractivity contribution in [3.8, 4) is 11.1 Å². The second kappa shape index (κ2) is 15.1. The second-order valence-electron chi connectivity index (χ2n) is 15.5. The molecule has 48 heavy (non-hydrogen) atoms. The van der Waals surface area contributed by atoms with Crippen LogP contribution in [0.4, 0.5) is 0 Å². The van der Waals surface area contributed by atoms with Crippen LogP contribution in [-0.4, -0.2) is 37.4 Å². The quantitative estimate of drug-likeness (QED) is 0.203. The van der Waals surface area contributed by atoms with Crippen molar-refractivity contribution < 1.29 is 28.5 Å². The molecular weight excluding hydrogens is 600 g/mol. The van der Waals surface area contributed by atoms with Gasteiger partial charge in [-0.1, -0.05) is 115 Å². The lowest BCUT2D eigenvalue weighted by Gasteiger charge is -2.38. The van der Waals surface area contributed by atoms with Gasteiger partial charge in [0, 0.05) is 11.1 Å². The third kappa shape index (κ3) is 7.50. The van der Waals surface area contributed by atoms with Crippen molar-refractivity contribution in [3.63, 3.8) is 0 Å². The summed E-state index contributed by atoms with van der Waals surface area (Å²) in [6.07, 6.45) is 4.88. The van der Waals surface area contributed by atoms with E-state index in [9.17, 15) is 9.59 Å². The van der Waals surface area contributed by atoms with Crippen molar-refractivity contribution in [1.29, 1.82) is 0 Å². The maximum atomic E-state index is 13.7. The zero-order valence-corrected chi connectivity index (χ0v) is 29.7. The van der Waals surface area contributed by atoms with Crippen molar-refractivity contribution in [1.82, 2.24) is 0 Å². The highest BCUT2D eigenvalue weighted by Crippen LogP contribution is 2.50. The Labute approximate surface area is 286 Å². The van der Waals surface area contributed by atoms with E-state index in [1.165, 1.54) is 12.8 Å². The van der Waals surface area contributed by atoms with Crippen LogP contribution in [0, 0.1) is 35.5 Å². The minimum absolute atomic E-state index is 0.0209. The van der Waals surface area contributed by atoms with Gasteiger partial charge in [-0.25, -0.2) is 9.59 Å². The lowest BCUT2D eigenvalue weighted by atomic mass is 9.75. The topological polar surface area (TPSA) is 71.1 Å². The van der Waals surface area contributed by atoms with Gasteiger partial charge < -0.3 is 18.9 Å². The first-order valence-corrected chi connectivity index (χ1v) is 18.3.